The lowest BCUT2D eigenvalue weighted by atomic mass is 10.3. The second-order valence-electron chi connectivity index (χ2n) is 3.50. The number of ether oxygens (including phenoxy) is 2. The zero-order valence-corrected chi connectivity index (χ0v) is 10.2. The van der Waals surface area contributed by atoms with Gasteiger partial charge >= 0.3 is 0 Å². The molecule has 1 atom stereocenters. The highest BCUT2D eigenvalue weighted by Crippen LogP contribution is 2.35. The molecule has 4 heteroatoms. The fourth-order valence-electron chi connectivity index (χ4n) is 1.66. The molecule has 1 aliphatic heterocycles. The lowest BCUT2D eigenvalue weighted by Gasteiger charge is -2.16. The first kappa shape index (κ1) is 10.8. The normalized spacial score (nSPS) is 20.3. The minimum atomic E-state index is 0.248. The average molecular weight is 272 g/mol. The second-order valence-corrected chi connectivity index (χ2v) is 4.36. The van der Waals surface area contributed by atoms with Crippen molar-refractivity contribution in [3.05, 3.63) is 22.7 Å². The maximum absolute atomic E-state index is 5.89. The summed E-state index contributed by atoms with van der Waals surface area (Å²) in [5.74, 6) is 1.57. The van der Waals surface area contributed by atoms with Crippen molar-refractivity contribution < 1.29 is 9.47 Å². The largest absolute Gasteiger partial charge is 0.493 e. The molecule has 2 rings (SSSR count). The smallest absolute Gasteiger partial charge is 0.175 e. The molecule has 15 heavy (non-hydrogen) atoms. The molecule has 0 radical (unpaired) electrons. The number of hydrogen-bond acceptors (Lipinski definition) is 3. The van der Waals surface area contributed by atoms with Crippen LogP contribution in [0.15, 0.2) is 22.7 Å². The molecule has 0 aliphatic carbocycles. The van der Waals surface area contributed by atoms with Crippen LogP contribution in [0.2, 0.25) is 0 Å². The number of methoxy groups -OCH3 is 1. The van der Waals surface area contributed by atoms with E-state index in [1.807, 2.05) is 18.2 Å². The van der Waals surface area contributed by atoms with Crippen LogP contribution in [-0.4, -0.2) is 26.3 Å². The summed E-state index contributed by atoms with van der Waals surface area (Å²) >= 11 is 3.47. The molecule has 0 aromatic heterocycles. The van der Waals surface area contributed by atoms with Crippen molar-refractivity contribution in [3.8, 4) is 11.5 Å². The van der Waals surface area contributed by atoms with E-state index in [4.69, 9.17) is 9.47 Å². The fourth-order valence-corrected chi connectivity index (χ4v) is 2.10. The molecule has 1 fully saturated rings. The Kier molecular flexibility index (Phi) is 3.49. The molecule has 1 aromatic carbocycles. The number of halogens is 1. The Balaban J connectivity index is 2.17. The Morgan fingerprint density at radius 2 is 2.33 bits per heavy atom. The monoisotopic (exact) mass is 271 g/mol. The number of para-hydroxylation sites is 1. The van der Waals surface area contributed by atoms with E-state index < -0.39 is 0 Å². The Bertz CT molecular complexity index is 337. The summed E-state index contributed by atoms with van der Waals surface area (Å²) in [6, 6.07) is 5.80. The van der Waals surface area contributed by atoms with Gasteiger partial charge in [-0.05, 0) is 41.0 Å². The van der Waals surface area contributed by atoms with E-state index in [2.05, 4.69) is 21.2 Å². The number of hydrogen-bond donors (Lipinski definition) is 1. The third-order valence-corrected chi connectivity index (χ3v) is 3.07. The molecule has 0 amide bonds. The van der Waals surface area contributed by atoms with Crippen LogP contribution < -0.4 is 14.8 Å². The third kappa shape index (κ3) is 2.44. The van der Waals surface area contributed by atoms with Gasteiger partial charge in [0.15, 0.2) is 11.5 Å². The first-order chi connectivity index (χ1) is 7.31. The third-order valence-electron chi connectivity index (χ3n) is 2.45. The SMILES string of the molecule is COc1cccc(Br)c1O[C@H]1CCNC1. The van der Waals surface area contributed by atoms with Crippen molar-refractivity contribution in [3.63, 3.8) is 0 Å². The number of nitrogens with one attached hydrogen (secondary N) is 1. The minimum absolute atomic E-state index is 0.248. The standard InChI is InChI=1S/C11H14BrNO2/c1-14-10-4-2-3-9(12)11(10)15-8-5-6-13-7-8/h2-4,8,13H,5-7H2,1H3/t8-/m0/s1. The van der Waals surface area contributed by atoms with Crippen LogP contribution in [0.25, 0.3) is 0 Å². The highest BCUT2D eigenvalue weighted by atomic mass is 79.9. The Morgan fingerprint density at radius 1 is 1.47 bits per heavy atom. The van der Waals surface area contributed by atoms with Gasteiger partial charge in [-0.2, -0.15) is 0 Å². The van der Waals surface area contributed by atoms with E-state index >= 15 is 0 Å². The molecule has 1 aromatic rings. The molecule has 1 N–H and O–H groups in total. The molecule has 1 heterocycles. The van der Waals surface area contributed by atoms with Crippen LogP contribution in [0.3, 0.4) is 0 Å². The minimum Gasteiger partial charge on any atom is -0.493 e. The van der Waals surface area contributed by atoms with Crippen LogP contribution in [0.5, 0.6) is 11.5 Å². The Hall–Kier alpha value is -0.740. The van der Waals surface area contributed by atoms with E-state index in [1.54, 1.807) is 7.11 Å². The molecule has 82 valence electrons. The van der Waals surface area contributed by atoms with Crippen molar-refractivity contribution in [2.24, 2.45) is 0 Å². The van der Waals surface area contributed by atoms with Gasteiger partial charge < -0.3 is 14.8 Å². The number of rotatable bonds is 3. The van der Waals surface area contributed by atoms with Gasteiger partial charge in [0.25, 0.3) is 0 Å². The fraction of sp³-hybridized carbons (Fsp3) is 0.455. The van der Waals surface area contributed by atoms with E-state index in [9.17, 15) is 0 Å². The van der Waals surface area contributed by atoms with Gasteiger partial charge in [-0.1, -0.05) is 6.07 Å². The summed E-state index contributed by atoms with van der Waals surface area (Å²) in [6.07, 6.45) is 1.29. The highest BCUT2D eigenvalue weighted by molar-refractivity contribution is 9.10. The Labute approximate surface area is 97.9 Å². The predicted molar refractivity (Wildman–Crippen MR) is 62.6 cm³/mol. The molecule has 1 saturated heterocycles. The van der Waals surface area contributed by atoms with Gasteiger partial charge in [0.2, 0.25) is 0 Å². The first-order valence-corrected chi connectivity index (χ1v) is 5.80. The lowest BCUT2D eigenvalue weighted by molar-refractivity contribution is 0.211. The molecule has 0 bridgehead atoms. The summed E-state index contributed by atoms with van der Waals surface area (Å²) < 4.78 is 12.1. The summed E-state index contributed by atoms with van der Waals surface area (Å²) in [4.78, 5) is 0. The maximum atomic E-state index is 5.89. The van der Waals surface area contributed by atoms with Crippen molar-refractivity contribution in [1.82, 2.24) is 5.32 Å². The Morgan fingerprint density at radius 3 is 3.00 bits per heavy atom. The summed E-state index contributed by atoms with van der Waals surface area (Å²) in [5, 5.41) is 3.27. The van der Waals surface area contributed by atoms with Gasteiger partial charge in [0.05, 0.1) is 11.6 Å². The maximum Gasteiger partial charge on any atom is 0.175 e. The predicted octanol–water partition coefficient (Wildman–Crippen LogP) is 2.20. The quantitative estimate of drug-likeness (QED) is 0.915. The van der Waals surface area contributed by atoms with Crippen molar-refractivity contribution >= 4 is 15.9 Å². The average Bonchev–Trinajstić information content (AvgIpc) is 2.74. The van der Waals surface area contributed by atoms with E-state index in [0.29, 0.717) is 0 Å². The molecule has 0 unspecified atom stereocenters. The summed E-state index contributed by atoms with van der Waals surface area (Å²) in [6.45, 7) is 1.93. The van der Waals surface area contributed by atoms with Gasteiger partial charge in [-0.25, -0.2) is 0 Å². The molecular weight excluding hydrogens is 258 g/mol. The second kappa shape index (κ2) is 4.86. The van der Waals surface area contributed by atoms with Crippen LogP contribution >= 0.6 is 15.9 Å². The highest BCUT2D eigenvalue weighted by Gasteiger charge is 2.19. The van der Waals surface area contributed by atoms with Crippen LogP contribution in [-0.2, 0) is 0 Å². The molecular formula is C11H14BrNO2. The molecule has 0 spiro atoms. The van der Waals surface area contributed by atoms with Crippen molar-refractivity contribution in [2.45, 2.75) is 12.5 Å². The zero-order valence-electron chi connectivity index (χ0n) is 8.63. The van der Waals surface area contributed by atoms with Crippen LogP contribution in [0, 0.1) is 0 Å². The van der Waals surface area contributed by atoms with Crippen molar-refractivity contribution in [2.75, 3.05) is 20.2 Å². The van der Waals surface area contributed by atoms with Crippen molar-refractivity contribution in [1.29, 1.82) is 0 Å². The lowest BCUT2D eigenvalue weighted by Crippen LogP contribution is -2.20. The first-order valence-electron chi connectivity index (χ1n) is 5.01. The van der Waals surface area contributed by atoms with Gasteiger partial charge in [-0.3, -0.25) is 0 Å². The van der Waals surface area contributed by atoms with Crippen LogP contribution in [0.1, 0.15) is 6.42 Å². The van der Waals surface area contributed by atoms with E-state index in [0.717, 1.165) is 35.5 Å². The van der Waals surface area contributed by atoms with Gasteiger partial charge in [0, 0.05) is 6.54 Å². The van der Waals surface area contributed by atoms with Gasteiger partial charge in [0.1, 0.15) is 6.10 Å². The van der Waals surface area contributed by atoms with E-state index in [1.165, 1.54) is 0 Å². The molecule has 1 aliphatic rings. The van der Waals surface area contributed by atoms with Gasteiger partial charge in [-0.15, -0.1) is 0 Å². The summed E-state index contributed by atoms with van der Waals surface area (Å²) in [5.41, 5.74) is 0. The number of benzene rings is 1. The van der Waals surface area contributed by atoms with E-state index in [-0.39, 0.29) is 6.10 Å². The molecule has 0 saturated carbocycles. The zero-order chi connectivity index (χ0) is 10.7. The topological polar surface area (TPSA) is 30.5 Å². The van der Waals surface area contributed by atoms with Crippen LogP contribution in [0.4, 0.5) is 0 Å². The summed E-state index contributed by atoms with van der Waals surface area (Å²) in [7, 11) is 1.65. The molecule has 3 nitrogen and oxygen atoms in total.